The summed E-state index contributed by atoms with van der Waals surface area (Å²) in [4.78, 5) is 35.8. The van der Waals surface area contributed by atoms with Gasteiger partial charge in [-0.25, -0.2) is 9.97 Å². The summed E-state index contributed by atoms with van der Waals surface area (Å²) in [6.45, 7) is 1.90. The second kappa shape index (κ2) is 5.96. The highest BCUT2D eigenvalue weighted by Crippen LogP contribution is 2.25. The Morgan fingerprint density at radius 2 is 2.17 bits per heavy atom. The SMILES string of the molecule is CC(CC=O)n1cc(C(=O)c2cncc(N)c2)c2cncnc21. The van der Waals surface area contributed by atoms with Crippen molar-refractivity contribution < 1.29 is 9.59 Å². The molecule has 116 valence electrons. The van der Waals surface area contributed by atoms with Crippen molar-refractivity contribution >= 4 is 28.8 Å². The van der Waals surface area contributed by atoms with Crippen LogP contribution in [0.4, 0.5) is 5.69 Å². The number of carbonyl (C=O) groups excluding carboxylic acids is 2. The number of ketones is 1. The molecule has 0 spiro atoms. The Hall–Kier alpha value is -3.09. The molecule has 2 N–H and O–H groups in total. The van der Waals surface area contributed by atoms with Gasteiger partial charge in [-0.05, 0) is 13.0 Å². The Morgan fingerprint density at radius 3 is 2.91 bits per heavy atom. The minimum atomic E-state index is -0.207. The lowest BCUT2D eigenvalue weighted by molar-refractivity contribution is -0.108. The molecule has 0 aliphatic carbocycles. The average molecular weight is 309 g/mol. The van der Waals surface area contributed by atoms with Crippen molar-refractivity contribution in [3.8, 4) is 0 Å². The largest absolute Gasteiger partial charge is 0.397 e. The van der Waals surface area contributed by atoms with Crippen LogP contribution in [0.5, 0.6) is 0 Å². The highest BCUT2D eigenvalue weighted by molar-refractivity contribution is 6.16. The second-order valence-corrected chi connectivity index (χ2v) is 5.30. The maximum Gasteiger partial charge on any atom is 0.196 e. The molecule has 3 aromatic heterocycles. The van der Waals surface area contributed by atoms with Gasteiger partial charge in [-0.15, -0.1) is 0 Å². The number of nitrogen functional groups attached to an aromatic ring is 1. The summed E-state index contributed by atoms with van der Waals surface area (Å²) < 4.78 is 1.82. The molecule has 0 bridgehead atoms. The first-order valence-corrected chi connectivity index (χ1v) is 7.11. The summed E-state index contributed by atoms with van der Waals surface area (Å²) in [7, 11) is 0. The van der Waals surface area contributed by atoms with Gasteiger partial charge in [-0.2, -0.15) is 0 Å². The van der Waals surface area contributed by atoms with Gasteiger partial charge in [-0.1, -0.05) is 0 Å². The summed E-state index contributed by atoms with van der Waals surface area (Å²) >= 11 is 0. The number of hydrogen-bond donors (Lipinski definition) is 1. The van der Waals surface area contributed by atoms with E-state index in [9.17, 15) is 9.59 Å². The number of fused-ring (bicyclic) bond motifs is 1. The summed E-state index contributed by atoms with van der Waals surface area (Å²) in [5, 5.41) is 0.637. The molecule has 7 heteroatoms. The molecule has 23 heavy (non-hydrogen) atoms. The number of aldehydes is 1. The molecule has 0 radical (unpaired) electrons. The number of hydrogen-bond acceptors (Lipinski definition) is 6. The number of anilines is 1. The van der Waals surface area contributed by atoms with E-state index >= 15 is 0 Å². The van der Waals surface area contributed by atoms with E-state index in [2.05, 4.69) is 15.0 Å². The Morgan fingerprint density at radius 1 is 1.35 bits per heavy atom. The third-order valence-electron chi connectivity index (χ3n) is 3.67. The van der Waals surface area contributed by atoms with Crippen LogP contribution in [0.25, 0.3) is 11.0 Å². The maximum atomic E-state index is 12.8. The molecule has 0 saturated heterocycles. The van der Waals surface area contributed by atoms with Crippen LogP contribution in [0.2, 0.25) is 0 Å². The molecule has 0 fully saturated rings. The van der Waals surface area contributed by atoms with Gasteiger partial charge in [0.05, 0.1) is 11.3 Å². The second-order valence-electron chi connectivity index (χ2n) is 5.30. The maximum absolute atomic E-state index is 12.8. The molecule has 1 atom stereocenters. The van der Waals surface area contributed by atoms with Crippen LogP contribution >= 0.6 is 0 Å². The molecule has 3 heterocycles. The normalized spacial score (nSPS) is 12.2. The number of aromatic nitrogens is 4. The number of carbonyl (C=O) groups is 2. The molecule has 0 amide bonds. The Balaban J connectivity index is 2.14. The van der Waals surface area contributed by atoms with Crippen LogP contribution in [0, 0.1) is 0 Å². The van der Waals surface area contributed by atoms with Crippen LogP contribution in [0.1, 0.15) is 35.3 Å². The van der Waals surface area contributed by atoms with Crippen molar-refractivity contribution in [1.29, 1.82) is 0 Å². The average Bonchev–Trinajstić information content (AvgIpc) is 2.94. The van der Waals surface area contributed by atoms with Crippen molar-refractivity contribution in [2.24, 2.45) is 0 Å². The zero-order valence-electron chi connectivity index (χ0n) is 12.5. The molecule has 0 saturated carbocycles. The highest BCUT2D eigenvalue weighted by Gasteiger charge is 2.20. The molecule has 7 nitrogen and oxygen atoms in total. The van der Waals surface area contributed by atoms with E-state index in [1.165, 1.54) is 18.7 Å². The van der Waals surface area contributed by atoms with Gasteiger partial charge in [0.15, 0.2) is 5.78 Å². The first-order valence-electron chi connectivity index (χ1n) is 7.11. The minimum absolute atomic E-state index is 0.106. The fraction of sp³-hybridized carbons (Fsp3) is 0.188. The van der Waals surface area contributed by atoms with Crippen molar-refractivity contribution in [2.45, 2.75) is 19.4 Å². The summed E-state index contributed by atoms with van der Waals surface area (Å²) in [6, 6.07) is 1.47. The molecule has 0 aromatic carbocycles. The van der Waals surface area contributed by atoms with Crippen LogP contribution in [0.3, 0.4) is 0 Å². The van der Waals surface area contributed by atoms with Gasteiger partial charge in [0, 0.05) is 48.2 Å². The van der Waals surface area contributed by atoms with E-state index in [-0.39, 0.29) is 11.8 Å². The topological polar surface area (TPSA) is 104 Å². The predicted molar refractivity (Wildman–Crippen MR) is 85.0 cm³/mol. The molecular formula is C16H15N5O2. The van der Waals surface area contributed by atoms with Gasteiger partial charge in [-0.3, -0.25) is 9.78 Å². The molecule has 0 aliphatic rings. The zero-order valence-corrected chi connectivity index (χ0v) is 12.5. The lowest BCUT2D eigenvalue weighted by Gasteiger charge is -2.10. The van der Waals surface area contributed by atoms with E-state index in [1.807, 2.05) is 11.5 Å². The van der Waals surface area contributed by atoms with Crippen LogP contribution in [-0.4, -0.2) is 31.6 Å². The van der Waals surface area contributed by atoms with Crippen LogP contribution < -0.4 is 5.73 Å². The Bertz CT molecular complexity index is 887. The summed E-state index contributed by atoms with van der Waals surface area (Å²) in [5.41, 5.74) is 7.60. The third kappa shape index (κ3) is 2.68. The number of rotatable bonds is 5. The monoisotopic (exact) mass is 309 g/mol. The standard InChI is InChI=1S/C16H15N5O2/c1-10(2-3-22)21-8-14(13-7-19-9-20-16(13)21)15(23)11-4-12(17)6-18-5-11/h3-10H,2,17H2,1H3. The number of nitrogens with two attached hydrogens (primary N) is 1. The number of pyridine rings is 1. The lowest BCUT2D eigenvalue weighted by atomic mass is 10.1. The fourth-order valence-corrected chi connectivity index (χ4v) is 2.50. The van der Waals surface area contributed by atoms with E-state index in [0.29, 0.717) is 34.3 Å². The van der Waals surface area contributed by atoms with Crippen LogP contribution in [-0.2, 0) is 4.79 Å². The predicted octanol–water partition coefficient (Wildman–Crippen LogP) is 1.79. The zero-order chi connectivity index (χ0) is 16.4. The van der Waals surface area contributed by atoms with Gasteiger partial charge in [0.2, 0.25) is 0 Å². The lowest BCUT2D eigenvalue weighted by Crippen LogP contribution is -2.06. The first kappa shape index (κ1) is 14.8. The van der Waals surface area contributed by atoms with Gasteiger partial charge < -0.3 is 15.1 Å². The Labute approximate surface area is 132 Å². The van der Waals surface area contributed by atoms with Gasteiger partial charge in [0.1, 0.15) is 18.3 Å². The van der Waals surface area contributed by atoms with Crippen molar-refractivity contribution in [1.82, 2.24) is 19.5 Å². The highest BCUT2D eigenvalue weighted by atomic mass is 16.1. The van der Waals surface area contributed by atoms with Gasteiger partial charge in [0.25, 0.3) is 0 Å². The van der Waals surface area contributed by atoms with E-state index in [4.69, 9.17) is 5.73 Å². The van der Waals surface area contributed by atoms with E-state index < -0.39 is 0 Å². The quantitative estimate of drug-likeness (QED) is 0.569. The first-order chi connectivity index (χ1) is 11.1. The van der Waals surface area contributed by atoms with Gasteiger partial charge >= 0.3 is 0 Å². The van der Waals surface area contributed by atoms with Crippen molar-refractivity contribution in [2.75, 3.05) is 5.73 Å². The van der Waals surface area contributed by atoms with E-state index in [1.54, 1.807) is 18.5 Å². The minimum Gasteiger partial charge on any atom is -0.397 e. The Kier molecular flexibility index (Phi) is 3.84. The number of nitrogens with zero attached hydrogens (tertiary/aromatic N) is 4. The van der Waals surface area contributed by atoms with Crippen molar-refractivity contribution in [3.05, 3.63) is 48.3 Å². The smallest absolute Gasteiger partial charge is 0.196 e. The van der Waals surface area contributed by atoms with Crippen molar-refractivity contribution in [3.63, 3.8) is 0 Å². The molecule has 3 aromatic rings. The molecule has 1 unspecified atom stereocenters. The molecule has 0 aliphatic heterocycles. The summed E-state index contributed by atoms with van der Waals surface area (Å²) in [6.07, 6.45) is 8.86. The third-order valence-corrected chi connectivity index (χ3v) is 3.67. The van der Waals surface area contributed by atoms with Crippen LogP contribution in [0.15, 0.2) is 37.2 Å². The molecule has 3 rings (SSSR count). The fourth-order valence-electron chi connectivity index (χ4n) is 2.50. The molecular weight excluding hydrogens is 294 g/mol. The van der Waals surface area contributed by atoms with E-state index in [0.717, 1.165) is 6.29 Å². The summed E-state index contributed by atoms with van der Waals surface area (Å²) in [5.74, 6) is -0.207.